The maximum atomic E-state index is 4.32. The molecule has 1 N–H and O–H groups in total. The van der Waals surface area contributed by atoms with E-state index in [1.165, 1.54) is 18.5 Å². The normalized spacial score (nSPS) is 15.9. The van der Waals surface area contributed by atoms with Crippen molar-refractivity contribution in [2.24, 2.45) is 12.0 Å². The van der Waals surface area contributed by atoms with Gasteiger partial charge in [0.05, 0.1) is 6.54 Å². The van der Waals surface area contributed by atoms with Gasteiger partial charge in [-0.25, -0.2) is 0 Å². The first-order valence-corrected chi connectivity index (χ1v) is 5.87. The molecule has 1 aromatic heterocycles. The van der Waals surface area contributed by atoms with Crippen LogP contribution in [0.25, 0.3) is 0 Å². The Morgan fingerprint density at radius 3 is 2.65 bits per heavy atom. The molecule has 0 aromatic carbocycles. The van der Waals surface area contributed by atoms with E-state index in [9.17, 15) is 0 Å². The summed E-state index contributed by atoms with van der Waals surface area (Å²) in [5, 5.41) is 3.41. The van der Waals surface area contributed by atoms with Gasteiger partial charge in [0.1, 0.15) is 0 Å². The lowest BCUT2D eigenvalue weighted by atomic mass is 10.4. The highest BCUT2D eigenvalue weighted by molar-refractivity contribution is 14.0. The number of rotatable bonds is 2. The van der Waals surface area contributed by atoms with Crippen LogP contribution in [0.4, 0.5) is 0 Å². The lowest BCUT2D eigenvalue weighted by Gasteiger charge is -2.20. The van der Waals surface area contributed by atoms with Crippen molar-refractivity contribution in [1.29, 1.82) is 0 Å². The van der Waals surface area contributed by atoms with E-state index < -0.39 is 0 Å². The smallest absolute Gasteiger partial charge is 0.193 e. The largest absolute Gasteiger partial charge is 0.353 e. The van der Waals surface area contributed by atoms with Crippen LogP contribution in [0.15, 0.2) is 23.3 Å². The Labute approximate surface area is 120 Å². The van der Waals surface area contributed by atoms with Gasteiger partial charge in [-0.15, -0.1) is 24.0 Å². The number of nitrogens with zero attached hydrogens (tertiary/aromatic N) is 3. The maximum Gasteiger partial charge on any atom is 0.193 e. The van der Waals surface area contributed by atoms with Crippen molar-refractivity contribution in [2.45, 2.75) is 19.4 Å². The lowest BCUT2D eigenvalue weighted by molar-refractivity contribution is 0.492. The number of halogens is 1. The minimum atomic E-state index is 0. The fourth-order valence-electron chi connectivity index (χ4n) is 2.11. The van der Waals surface area contributed by atoms with Crippen LogP contribution in [0.3, 0.4) is 0 Å². The molecule has 0 amide bonds. The Morgan fingerprint density at radius 2 is 2.12 bits per heavy atom. The van der Waals surface area contributed by atoms with Crippen molar-refractivity contribution in [3.05, 3.63) is 24.0 Å². The predicted molar refractivity (Wildman–Crippen MR) is 81.8 cm³/mol. The standard InChI is InChI=1S/C12H20N4.HI/c1-13-12(16-8-3-4-9-16)14-10-11-6-5-7-15(11)2;/h5-7H,3-4,8-10H2,1-2H3,(H,13,14);1H. The first kappa shape index (κ1) is 14.3. The van der Waals surface area contributed by atoms with Gasteiger partial charge < -0.3 is 14.8 Å². The molecule has 1 aromatic rings. The summed E-state index contributed by atoms with van der Waals surface area (Å²) in [7, 11) is 3.92. The average molecular weight is 348 g/mol. The molecule has 2 rings (SSSR count). The number of aromatic nitrogens is 1. The van der Waals surface area contributed by atoms with Crippen LogP contribution < -0.4 is 5.32 Å². The first-order valence-electron chi connectivity index (χ1n) is 5.87. The molecule has 1 fully saturated rings. The molecule has 2 heterocycles. The SMILES string of the molecule is CN=C(NCc1cccn1C)N1CCCC1.I. The summed E-state index contributed by atoms with van der Waals surface area (Å²) < 4.78 is 2.13. The van der Waals surface area contributed by atoms with Crippen LogP contribution in [0.1, 0.15) is 18.5 Å². The van der Waals surface area contributed by atoms with Gasteiger partial charge in [-0.05, 0) is 25.0 Å². The van der Waals surface area contributed by atoms with Gasteiger partial charge in [0.25, 0.3) is 0 Å². The minimum absolute atomic E-state index is 0. The summed E-state index contributed by atoms with van der Waals surface area (Å²) in [4.78, 5) is 6.64. The summed E-state index contributed by atoms with van der Waals surface area (Å²) >= 11 is 0. The summed E-state index contributed by atoms with van der Waals surface area (Å²) in [6, 6.07) is 4.19. The number of hydrogen-bond acceptors (Lipinski definition) is 1. The molecular formula is C12H21IN4. The maximum absolute atomic E-state index is 4.32. The number of aryl methyl sites for hydroxylation is 1. The summed E-state index contributed by atoms with van der Waals surface area (Å²) in [6.07, 6.45) is 4.63. The first-order chi connectivity index (χ1) is 7.81. The van der Waals surface area contributed by atoms with Crippen LogP contribution in [0, 0.1) is 0 Å². The van der Waals surface area contributed by atoms with Gasteiger partial charge in [0.2, 0.25) is 0 Å². The monoisotopic (exact) mass is 348 g/mol. The molecular weight excluding hydrogens is 327 g/mol. The van der Waals surface area contributed by atoms with Crippen molar-refractivity contribution >= 4 is 29.9 Å². The molecule has 1 aliphatic rings. The molecule has 0 saturated carbocycles. The summed E-state index contributed by atoms with van der Waals surface area (Å²) in [6.45, 7) is 3.10. The Kier molecular flexibility index (Phi) is 5.80. The van der Waals surface area contributed by atoms with E-state index in [1.54, 1.807) is 0 Å². The average Bonchev–Trinajstić information content (AvgIpc) is 2.92. The van der Waals surface area contributed by atoms with E-state index in [0.29, 0.717) is 0 Å². The van der Waals surface area contributed by atoms with Crippen molar-refractivity contribution in [1.82, 2.24) is 14.8 Å². The molecule has 1 aliphatic heterocycles. The molecule has 0 bridgehead atoms. The van der Waals surface area contributed by atoms with Gasteiger partial charge >= 0.3 is 0 Å². The zero-order valence-corrected chi connectivity index (χ0v) is 12.8. The van der Waals surface area contributed by atoms with Gasteiger partial charge in [-0.3, -0.25) is 4.99 Å². The third-order valence-corrected chi connectivity index (χ3v) is 3.10. The molecule has 4 nitrogen and oxygen atoms in total. The van der Waals surface area contributed by atoms with Crippen molar-refractivity contribution in [3.63, 3.8) is 0 Å². The Bertz CT molecular complexity index is 366. The number of aliphatic imine (C=N–C) groups is 1. The van der Waals surface area contributed by atoms with E-state index in [2.05, 4.69) is 45.2 Å². The molecule has 5 heteroatoms. The zero-order valence-electron chi connectivity index (χ0n) is 10.5. The predicted octanol–water partition coefficient (Wildman–Crippen LogP) is 1.81. The highest BCUT2D eigenvalue weighted by Gasteiger charge is 2.15. The van der Waals surface area contributed by atoms with Crippen LogP contribution in [0.2, 0.25) is 0 Å². The quantitative estimate of drug-likeness (QED) is 0.502. The summed E-state index contributed by atoms with van der Waals surface area (Å²) in [5.74, 6) is 1.03. The zero-order chi connectivity index (χ0) is 11.4. The number of nitrogens with one attached hydrogen (secondary N) is 1. The molecule has 0 atom stereocenters. The molecule has 0 radical (unpaired) electrons. The van der Waals surface area contributed by atoms with E-state index in [4.69, 9.17) is 0 Å². The number of guanidine groups is 1. The number of hydrogen-bond donors (Lipinski definition) is 1. The van der Waals surface area contributed by atoms with Gasteiger partial charge in [0, 0.05) is 39.1 Å². The molecule has 0 unspecified atom stereocenters. The van der Waals surface area contributed by atoms with E-state index in [0.717, 1.165) is 25.6 Å². The second-order valence-electron chi connectivity index (χ2n) is 4.21. The van der Waals surface area contributed by atoms with Crippen molar-refractivity contribution in [3.8, 4) is 0 Å². The third kappa shape index (κ3) is 3.62. The van der Waals surface area contributed by atoms with Gasteiger partial charge in [-0.1, -0.05) is 0 Å². The van der Waals surface area contributed by atoms with Crippen LogP contribution in [-0.4, -0.2) is 35.6 Å². The fraction of sp³-hybridized carbons (Fsp3) is 0.583. The van der Waals surface area contributed by atoms with E-state index in [1.807, 2.05) is 7.05 Å². The lowest BCUT2D eigenvalue weighted by Crippen LogP contribution is -2.39. The Morgan fingerprint density at radius 1 is 1.41 bits per heavy atom. The summed E-state index contributed by atoms with van der Waals surface area (Å²) in [5.41, 5.74) is 1.28. The molecule has 0 aliphatic carbocycles. The van der Waals surface area contributed by atoms with Gasteiger partial charge in [0.15, 0.2) is 5.96 Å². The highest BCUT2D eigenvalue weighted by Crippen LogP contribution is 2.07. The van der Waals surface area contributed by atoms with E-state index in [-0.39, 0.29) is 24.0 Å². The highest BCUT2D eigenvalue weighted by atomic mass is 127. The van der Waals surface area contributed by atoms with Crippen LogP contribution in [0.5, 0.6) is 0 Å². The Hall–Kier alpha value is -0.720. The molecule has 17 heavy (non-hydrogen) atoms. The molecule has 0 spiro atoms. The minimum Gasteiger partial charge on any atom is -0.353 e. The van der Waals surface area contributed by atoms with Crippen LogP contribution >= 0.6 is 24.0 Å². The fourth-order valence-corrected chi connectivity index (χ4v) is 2.11. The topological polar surface area (TPSA) is 32.6 Å². The van der Waals surface area contributed by atoms with Crippen molar-refractivity contribution < 1.29 is 0 Å². The van der Waals surface area contributed by atoms with Crippen molar-refractivity contribution in [2.75, 3.05) is 20.1 Å². The molecule has 1 saturated heterocycles. The Balaban J connectivity index is 0.00000144. The number of likely N-dealkylation sites (tertiary alicyclic amines) is 1. The van der Waals surface area contributed by atoms with E-state index >= 15 is 0 Å². The van der Waals surface area contributed by atoms with Gasteiger partial charge in [-0.2, -0.15) is 0 Å². The second-order valence-corrected chi connectivity index (χ2v) is 4.21. The second kappa shape index (κ2) is 6.88. The molecule has 96 valence electrons. The third-order valence-electron chi connectivity index (χ3n) is 3.10. The van der Waals surface area contributed by atoms with Crippen LogP contribution in [-0.2, 0) is 13.6 Å².